The molecule has 0 bridgehead atoms. The predicted molar refractivity (Wildman–Crippen MR) is 126 cm³/mol. The molecule has 1 fully saturated rings. The quantitative estimate of drug-likeness (QED) is 0.491. The van der Waals surface area contributed by atoms with Crippen LogP contribution >= 0.6 is 0 Å². The molecule has 0 spiro atoms. The van der Waals surface area contributed by atoms with Crippen molar-refractivity contribution in [1.29, 1.82) is 0 Å². The first kappa shape index (κ1) is 22.0. The van der Waals surface area contributed by atoms with Crippen LogP contribution in [-0.4, -0.2) is 36.1 Å². The summed E-state index contributed by atoms with van der Waals surface area (Å²) in [4.78, 5) is 20.1. The number of hydrogen-bond acceptors (Lipinski definition) is 4. The summed E-state index contributed by atoms with van der Waals surface area (Å²) in [5.41, 5.74) is 5.90. The maximum atomic E-state index is 13.3. The van der Waals surface area contributed by atoms with E-state index in [2.05, 4.69) is 24.3 Å². The topological polar surface area (TPSA) is 51.7 Å². The van der Waals surface area contributed by atoms with Gasteiger partial charge >= 0.3 is 0 Å². The fraction of sp³-hybridized carbons (Fsp3) is 0.333. The zero-order valence-electron chi connectivity index (χ0n) is 19.0. The number of carbonyl (C=O) groups excluding carboxylic acids is 1. The molecule has 0 aliphatic carbocycles. The van der Waals surface area contributed by atoms with Crippen LogP contribution in [0.4, 0.5) is 0 Å². The molecule has 1 saturated heterocycles. The number of methoxy groups -OCH3 is 1. The Balaban J connectivity index is 1.57. The molecule has 1 aliphatic heterocycles. The second-order valence-electron chi connectivity index (χ2n) is 8.14. The van der Waals surface area contributed by atoms with Gasteiger partial charge in [0.2, 0.25) is 0 Å². The van der Waals surface area contributed by atoms with Crippen molar-refractivity contribution in [2.45, 2.75) is 39.3 Å². The highest BCUT2D eigenvalue weighted by molar-refractivity contribution is 5.94. The lowest BCUT2D eigenvalue weighted by molar-refractivity contribution is 0.0732. The number of ether oxygens (including phenoxy) is 2. The largest absolute Gasteiger partial charge is 0.497 e. The molecule has 4 rings (SSSR count). The molecule has 166 valence electrons. The third kappa shape index (κ3) is 4.83. The number of aromatic nitrogens is 1. The van der Waals surface area contributed by atoms with Crippen molar-refractivity contribution >= 4 is 5.91 Å². The Morgan fingerprint density at radius 2 is 1.81 bits per heavy atom. The van der Waals surface area contributed by atoms with Crippen molar-refractivity contribution in [3.8, 4) is 16.9 Å². The number of carbonyl (C=O) groups is 1. The van der Waals surface area contributed by atoms with Crippen LogP contribution in [0.25, 0.3) is 11.1 Å². The van der Waals surface area contributed by atoms with E-state index >= 15 is 0 Å². The van der Waals surface area contributed by atoms with Gasteiger partial charge in [-0.15, -0.1) is 0 Å². The first-order valence-corrected chi connectivity index (χ1v) is 11.2. The van der Waals surface area contributed by atoms with Crippen LogP contribution in [0.2, 0.25) is 0 Å². The summed E-state index contributed by atoms with van der Waals surface area (Å²) in [6.07, 6.45) is 1.90. The molecule has 3 aromatic rings. The first-order chi connectivity index (χ1) is 15.6. The first-order valence-electron chi connectivity index (χ1n) is 11.2. The van der Waals surface area contributed by atoms with Crippen LogP contribution < -0.4 is 4.74 Å². The van der Waals surface area contributed by atoms with Crippen molar-refractivity contribution in [1.82, 2.24) is 9.88 Å². The van der Waals surface area contributed by atoms with Crippen molar-refractivity contribution in [2.24, 2.45) is 0 Å². The molecule has 0 unspecified atom stereocenters. The Morgan fingerprint density at radius 1 is 1.06 bits per heavy atom. The van der Waals surface area contributed by atoms with E-state index in [1.165, 1.54) is 0 Å². The fourth-order valence-electron chi connectivity index (χ4n) is 4.26. The second kappa shape index (κ2) is 9.96. The Hall–Kier alpha value is -3.18. The van der Waals surface area contributed by atoms with Gasteiger partial charge in [0.15, 0.2) is 0 Å². The highest BCUT2D eigenvalue weighted by Gasteiger charge is 2.32. The Labute approximate surface area is 190 Å². The zero-order chi connectivity index (χ0) is 22.5. The SMILES string of the molecule is CCOCc1ccc(C(=O)N2CCC[C@H]2c2cc(-c3ccc(OC)cc3)cc(C)n2)cc1. The Kier molecular flexibility index (Phi) is 6.86. The van der Waals surface area contributed by atoms with E-state index in [1.54, 1.807) is 7.11 Å². The lowest BCUT2D eigenvalue weighted by atomic mass is 10.0. The third-order valence-corrected chi connectivity index (χ3v) is 5.93. The molecule has 1 atom stereocenters. The Bertz CT molecular complexity index is 1060. The molecule has 0 radical (unpaired) electrons. The molecule has 1 aliphatic rings. The van der Waals surface area contributed by atoms with Crippen LogP contribution in [0.15, 0.2) is 60.7 Å². The number of nitrogens with zero attached hydrogens (tertiary/aromatic N) is 2. The van der Waals surface area contributed by atoms with Gasteiger partial charge in [-0.2, -0.15) is 0 Å². The van der Waals surface area contributed by atoms with E-state index in [9.17, 15) is 4.79 Å². The van der Waals surface area contributed by atoms with Crippen molar-refractivity contribution in [3.05, 3.63) is 83.2 Å². The summed E-state index contributed by atoms with van der Waals surface area (Å²) >= 11 is 0. The van der Waals surface area contributed by atoms with E-state index in [-0.39, 0.29) is 11.9 Å². The molecule has 5 heteroatoms. The van der Waals surface area contributed by atoms with Crippen LogP contribution in [0.1, 0.15) is 53.1 Å². The van der Waals surface area contributed by atoms with Gasteiger partial charge in [-0.3, -0.25) is 9.78 Å². The minimum Gasteiger partial charge on any atom is -0.497 e. The Morgan fingerprint density at radius 3 is 2.50 bits per heavy atom. The molecule has 5 nitrogen and oxygen atoms in total. The summed E-state index contributed by atoms with van der Waals surface area (Å²) in [5, 5.41) is 0. The number of hydrogen-bond donors (Lipinski definition) is 0. The normalized spacial score (nSPS) is 15.7. The molecular formula is C27H30N2O3. The molecule has 1 aromatic heterocycles. The smallest absolute Gasteiger partial charge is 0.254 e. The van der Waals surface area contributed by atoms with Gasteiger partial charge in [0.05, 0.1) is 25.5 Å². The number of rotatable bonds is 7. The number of likely N-dealkylation sites (tertiary alicyclic amines) is 1. The van der Waals surface area contributed by atoms with Gasteiger partial charge in [0.25, 0.3) is 5.91 Å². The third-order valence-electron chi connectivity index (χ3n) is 5.93. The van der Waals surface area contributed by atoms with Gasteiger partial charge in [0.1, 0.15) is 5.75 Å². The monoisotopic (exact) mass is 430 g/mol. The van der Waals surface area contributed by atoms with E-state index in [0.29, 0.717) is 18.8 Å². The summed E-state index contributed by atoms with van der Waals surface area (Å²) < 4.78 is 10.7. The highest BCUT2D eigenvalue weighted by atomic mass is 16.5. The van der Waals surface area contributed by atoms with Crippen LogP contribution in [-0.2, 0) is 11.3 Å². The molecule has 1 amide bonds. The van der Waals surface area contributed by atoms with Gasteiger partial charge in [-0.1, -0.05) is 24.3 Å². The lowest BCUT2D eigenvalue weighted by Crippen LogP contribution is -2.31. The van der Waals surface area contributed by atoms with Gasteiger partial charge in [-0.05, 0) is 79.8 Å². The summed E-state index contributed by atoms with van der Waals surface area (Å²) in [6.45, 7) is 5.98. The molecular weight excluding hydrogens is 400 g/mol. The average molecular weight is 431 g/mol. The lowest BCUT2D eigenvalue weighted by Gasteiger charge is -2.25. The standard InChI is InChI=1S/C27H30N2O3/c1-4-32-18-20-7-9-22(10-8-20)27(30)29-15-5-6-26(29)25-17-23(16-19(2)28-25)21-11-13-24(31-3)14-12-21/h7-14,16-17,26H,4-6,15,18H2,1-3H3/t26-/m0/s1. The van der Waals surface area contributed by atoms with E-state index < -0.39 is 0 Å². The summed E-state index contributed by atoms with van der Waals surface area (Å²) in [6, 6.07) is 20.0. The van der Waals surface area contributed by atoms with Crippen molar-refractivity contribution in [2.75, 3.05) is 20.3 Å². The summed E-state index contributed by atoms with van der Waals surface area (Å²) in [5.74, 6) is 0.893. The zero-order valence-corrected chi connectivity index (χ0v) is 19.0. The fourth-order valence-corrected chi connectivity index (χ4v) is 4.26. The van der Waals surface area contributed by atoms with Gasteiger partial charge in [0, 0.05) is 24.4 Å². The predicted octanol–water partition coefficient (Wildman–Crippen LogP) is 5.58. The van der Waals surface area contributed by atoms with Crippen LogP contribution in [0.5, 0.6) is 5.75 Å². The van der Waals surface area contributed by atoms with Crippen LogP contribution in [0.3, 0.4) is 0 Å². The van der Waals surface area contributed by atoms with Crippen LogP contribution in [0, 0.1) is 6.92 Å². The van der Waals surface area contributed by atoms with Crippen molar-refractivity contribution < 1.29 is 14.3 Å². The molecule has 0 N–H and O–H groups in total. The van der Waals surface area contributed by atoms with Gasteiger partial charge < -0.3 is 14.4 Å². The molecule has 2 heterocycles. The number of pyridine rings is 1. The van der Waals surface area contributed by atoms with E-state index in [1.807, 2.05) is 55.1 Å². The average Bonchev–Trinajstić information content (AvgIpc) is 3.32. The minimum atomic E-state index is -0.0116. The molecule has 2 aromatic carbocycles. The number of amides is 1. The van der Waals surface area contributed by atoms with Gasteiger partial charge in [-0.25, -0.2) is 0 Å². The maximum absolute atomic E-state index is 13.3. The second-order valence-corrected chi connectivity index (χ2v) is 8.14. The number of aryl methyl sites for hydroxylation is 1. The summed E-state index contributed by atoms with van der Waals surface area (Å²) in [7, 11) is 1.67. The molecule has 32 heavy (non-hydrogen) atoms. The minimum absolute atomic E-state index is 0.0116. The number of benzene rings is 2. The van der Waals surface area contributed by atoms with E-state index in [4.69, 9.17) is 14.5 Å². The highest BCUT2D eigenvalue weighted by Crippen LogP contribution is 2.34. The van der Waals surface area contributed by atoms with Crippen molar-refractivity contribution in [3.63, 3.8) is 0 Å². The molecule has 0 saturated carbocycles. The maximum Gasteiger partial charge on any atom is 0.254 e. The van der Waals surface area contributed by atoms with E-state index in [0.717, 1.165) is 53.2 Å².